The van der Waals surface area contributed by atoms with Gasteiger partial charge in [0.25, 0.3) is 0 Å². The highest BCUT2D eigenvalue weighted by molar-refractivity contribution is 5.98. The Kier molecular flexibility index (Phi) is 4.82. The quantitative estimate of drug-likeness (QED) is 0.668. The molecule has 0 aliphatic heterocycles. The number of aliphatic carboxylic acids is 1. The molecule has 5 nitrogen and oxygen atoms in total. The van der Waals surface area contributed by atoms with Crippen molar-refractivity contribution in [2.75, 3.05) is 7.11 Å². The second-order valence-corrected chi connectivity index (χ2v) is 4.50. The molecule has 0 aliphatic rings. The van der Waals surface area contributed by atoms with Crippen molar-refractivity contribution in [3.05, 3.63) is 29.8 Å². The summed E-state index contributed by atoms with van der Waals surface area (Å²) in [6.45, 7) is 1.18. The number of benzene rings is 1. The summed E-state index contributed by atoms with van der Waals surface area (Å²) < 4.78 is 44.2. The van der Waals surface area contributed by atoms with Crippen molar-refractivity contribution >= 4 is 11.9 Å². The Morgan fingerprint density at radius 1 is 1.19 bits per heavy atom. The smallest absolute Gasteiger partial charge is 0.480 e. The summed E-state index contributed by atoms with van der Waals surface area (Å²) in [6.07, 6.45) is -5.02. The van der Waals surface area contributed by atoms with E-state index < -0.39 is 29.5 Å². The fourth-order valence-corrected chi connectivity index (χ4v) is 1.68. The third-order valence-corrected chi connectivity index (χ3v) is 2.82. The average molecular weight is 306 g/mol. The van der Waals surface area contributed by atoms with Crippen LogP contribution in [-0.2, 0) is 20.7 Å². The number of esters is 1. The van der Waals surface area contributed by atoms with Crippen molar-refractivity contribution in [1.82, 2.24) is 0 Å². The third-order valence-electron chi connectivity index (χ3n) is 2.82. The van der Waals surface area contributed by atoms with Gasteiger partial charge in [-0.3, -0.25) is 9.59 Å². The molecule has 1 N–H and O–H groups in total. The molecule has 1 aromatic carbocycles. The van der Waals surface area contributed by atoms with Gasteiger partial charge in [-0.05, 0) is 31.0 Å². The van der Waals surface area contributed by atoms with E-state index in [1.807, 2.05) is 0 Å². The van der Waals surface area contributed by atoms with E-state index in [9.17, 15) is 22.8 Å². The second-order valence-electron chi connectivity index (χ2n) is 4.50. The first kappa shape index (κ1) is 16.8. The molecule has 0 aromatic heterocycles. The van der Waals surface area contributed by atoms with E-state index in [2.05, 4.69) is 9.47 Å². The van der Waals surface area contributed by atoms with Crippen molar-refractivity contribution in [3.8, 4) is 5.75 Å². The zero-order valence-corrected chi connectivity index (χ0v) is 11.2. The summed E-state index contributed by atoms with van der Waals surface area (Å²) in [4.78, 5) is 22.8. The van der Waals surface area contributed by atoms with Gasteiger partial charge < -0.3 is 14.6 Å². The number of carboxylic acid groups (broad SMARTS) is 1. The van der Waals surface area contributed by atoms with Gasteiger partial charge in [0.05, 0.1) is 7.11 Å². The first-order valence-electron chi connectivity index (χ1n) is 5.75. The van der Waals surface area contributed by atoms with Gasteiger partial charge in [-0.15, -0.1) is 13.2 Å². The van der Waals surface area contributed by atoms with Crippen LogP contribution in [0.4, 0.5) is 13.2 Å². The lowest BCUT2D eigenvalue weighted by Gasteiger charge is -2.21. The molecule has 0 saturated heterocycles. The normalized spacial score (nSPS) is 14.1. The lowest BCUT2D eigenvalue weighted by Crippen LogP contribution is -2.39. The Hall–Kier alpha value is -2.25. The van der Waals surface area contributed by atoms with Gasteiger partial charge >= 0.3 is 18.3 Å². The van der Waals surface area contributed by atoms with Crippen LogP contribution in [0.2, 0.25) is 0 Å². The molecule has 0 amide bonds. The summed E-state index contributed by atoms with van der Waals surface area (Å²) in [7, 11) is 1.06. The van der Waals surface area contributed by atoms with Crippen molar-refractivity contribution in [3.63, 3.8) is 0 Å². The molecule has 0 saturated carbocycles. The number of ether oxygens (including phenoxy) is 2. The summed E-state index contributed by atoms with van der Waals surface area (Å²) in [5.41, 5.74) is -1.46. The van der Waals surface area contributed by atoms with E-state index in [-0.39, 0.29) is 6.42 Å². The van der Waals surface area contributed by atoms with E-state index >= 15 is 0 Å². The van der Waals surface area contributed by atoms with E-state index in [1.54, 1.807) is 0 Å². The summed E-state index contributed by atoms with van der Waals surface area (Å²) in [6, 6.07) is 4.60. The van der Waals surface area contributed by atoms with Crippen LogP contribution in [0, 0.1) is 5.41 Å². The van der Waals surface area contributed by atoms with Gasteiger partial charge in [0, 0.05) is 0 Å². The molecule has 0 radical (unpaired) electrons. The summed E-state index contributed by atoms with van der Waals surface area (Å²) >= 11 is 0. The number of rotatable bonds is 5. The summed E-state index contributed by atoms with van der Waals surface area (Å²) in [5, 5.41) is 9.13. The van der Waals surface area contributed by atoms with Gasteiger partial charge in [-0.1, -0.05) is 12.1 Å². The number of hydrogen-bond acceptors (Lipinski definition) is 4. The molecule has 1 unspecified atom stereocenters. The molecular weight excluding hydrogens is 293 g/mol. The number of methoxy groups -OCH3 is 1. The maximum Gasteiger partial charge on any atom is 0.573 e. The topological polar surface area (TPSA) is 72.8 Å². The maximum absolute atomic E-state index is 12.0. The Bertz CT molecular complexity index is 524. The van der Waals surface area contributed by atoms with Crippen molar-refractivity contribution in [2.24, 2.45) is 5.41 Å². The predicted molar refractivity (Wildman–Crippen MR) is 64.6 cm³/mol. The van der Waals surface area contributed by atoms with Crippen molar-refractivity contribution in [1.29, 1.82) is 0 Å². The average Bonchev–Trinajstić information content (AvgIpc) is 2.38. The van der Waals surface area contributed by atoms with E-state index in [1.165, 1.54) is 19.1 Å². The van der Waals surface area contributed by atoms with Gasteiger partial charge in [0.1, 0.15) is 5.75 Å². The largest absolute Gasteiger partial charge is 0.573 e. The monoisotopic (exact) mass is 306 g/mol. The molecule has 0 heterocycles. The minimum atomic E-state index is -4.80. The zero-order chi connectivity index (χ0) is 16.3. The van der Waals surface area contributed by atoms with Crippen LogP contribution < -0.4 is 4.74 Å². The van der Waals surface area contributed by atoms with Gasteiger partial charge in [-0.25, -0.2) is 0 Å². The lowest BCUT2D eigenvalue weighted by molar-refractivity contribution is -0.274. The van der Waals surface area contributed by atoms with Crippen LogP contribution in [0.1, 0.15) is 12.5 Å². The van der Waals surface area contributed by atoms with Crippen molar-refractivity contribution in [2.45, 2.75) is 19.7 Å². The van der Waals surface area contributed by atoms with Crippen LogP contribution in [0.25, 0.3) is 0 Å². The van der Waals surface area contributed by atoms with Gasteiger partial charge in [-0.2, -0.15) is 0 Å². The fraction of sp³-hybridized carbons (Fsp3) is 0.385. The molecule has 1 atom stereocenters. The highest BCUT2D eigenvalue weighted by Crippen LogP contribution is 2.27. The molecule has 1 rings (SSSR count). The highest BCUT2D eigenvalue weighted by atomic mass is 19.4. The molecule has 1 aromatic rings. The van der Waals surface area contributed by atoms with Crippen LogP contribution in [0.15, 0.2) is 24.3 Å². The maximum atomic E-state index is 12.0. The lowest BCUT2D eigenvalue weighted by atomic mass is 9.83. The van der Waals surface area contributed by atoms with Crippen LogP contribution in [0.3, 0.4) is 0 Å². The van der Waals surface area contributed by atoms with Crippen LogP contribution in [-0.4, -0.2) is 30.5 Å². The zero-order valence-electron chi connectivity index (χ0n) is 11.2. The first-order chi connectivity index (χ1) is 9.58. The molecule has 0 fully saturated rings. The molecule has 0 aliphatic carbocycles. The number of alkyl halides is 3. The number of carboxylic acids is 1. The van der Waals surface area contributed by atoms with E-state index in [0.29, 0.717) is 5.56 Å². The third kappa shape index (κ3) is 4.37. The van der Waals surface area contributed by atoms with Gasteiger partial charge in [0.15, 0.2) is 5.41 Å². The van der Waals surface area contributed by atoms with Crippen molar-refractivity contribution < 1.29 is 37.3 Å². The number of halogens is 3. The standard InChI is InChI=1S/C13H13F3O5/c1-12(10(17)18,11(19)20-2)7-8-3-5-9(6-4-8)21-13(14,15)16/h3-6H,7H2,1-2H3,(H,17,18). The van der Waals surface area contributed by atoms with E-state index in [0.717, 1.165) is 19.2 Å². The van der Waals surface area contributed by atoms with Crippen LogP contribution >= 0.6 is 0 Å². The molecule has 0 bridgehead atoms. The minimum Gasteiger partial charge on any atom is -0.480 e. The van der Waals surface area contributed by atoms with Crippen LogP contribution in [0.5, 0.6) is 5.75 Å². The predicted octanol–water partition coefficient (Wildman–Crippen LogP) is 2.39. The SMILES string of the molecule is COC(=O)C(C)(Cc1ccc(OC(F)(F)F)cc1)C(=O)O. The molecular formula is C13H13F3O5. The molecule has 0 spiro atoms. The molecule has 21 heavy (non-hydrogen) atoms. The number of carbonyl (C=O) groups is 2. The first-order valence-corrected chi connectivity index (χ1v) is 5.75. The molecule has 116 valence electrons. The Balaban J connectivity index is 2.92. The Labute approximate surface area is 118 Å². The molecule has 8 heteroatoms. The Morgan fingerprint density at radius 2 is 1.71 bits per heavy atom. The second kappa shape index (κ2) is 6.02. The fourth-order valence-electron chi connectivity index (χ4n) is 1.68. The highest BCUT2D eigenvalue weighted by Gasteiger charge is 2.42. The minimum absolute atomic E-state index is 0.221. The number of hydrogen-bond donors (Lipinski definition) is 1. The Morgan fingerprint density at radius 3 is 2.10 bits per heavy atom. The van der Waals surface area contributed by atoms with E-state index in [4.69, 9.17) is 5.11 Å². The summed E-state index contributed by atoms with van der Waals surface area (Å²) in [5.74, 6) is -2.75. The van der Waals surface area contributed by atoms with Gasteiger partial charge in [0.2, 0.25) is 0 Å². The number of carbonyl (C=O) groups excluding carboxylic acids is 1.